The van der Waals surface area contributed by atoms with Crippen LogP contribution < -0.4 is 5.32 Å². The van der Waals surface area contributed by atoms with Crippen molar-refractivity contribution in [1.82, 2.24) is 5.32 Å². The molecule has 1 heterocycles. The fourth-order valence-electron chi connectivity index (χ4n) is 1.86. The Morgan fingerprint density at radius 3 is 2.59 bits per heavy atom. The zero-order chi connectivity index (χ0) is 16.5. The Balaban J connectivity index is 2.08. The van der Waals surface area contributed by atoms with Crippen molar-refractivity contribution < 1.29 is 18.7 Å². The van der Waals surface area contributed by atoms with Crippen LogP contribution in [0.2, 0.25) is 0 Å². The molecule has 0 unspecified atom stereocenters. The summed E-state index contributed by atoms with van der Waals surface area (Å²) in [5.74, 6) is -1.30. The van der Waals surface area contributed by atoms with Crippen LogP contribution in [0.4, 0.5) is 4.39 Å². The molecule has 0 radical (unpaired) electrons. The number of carbonyl (C=O) groups excluding carboxylic acids is 2. The van der Waals surface area contributed by atoms with E-state index in [4.69, 9.17) is 4.74 Å². The average molecular weight is 323 g/mol. The molecule has 0 saturated carbocycles. The summed E-state index contributed by atoms with van der Waals surface area (Å²) in [6.07, 6.45) is -0.895. The number of rotatable bonds is 3. The molecule has 1 amide bonds. The Bertz CT molecular complexity index is 718. The molecule has 0 aliphatic carbocycles. The van der Waals surface area contributed by atoms with E-state index in [1.165, 1.54) is 30.4 Å². The highest BCUT2D eigenvalue weighted by atomic mass is 32.1. The quantitative estimate of drug-likeness (QED) is 0.880. The highest BCUT2D eigenvalue weighted by Crippen LogP contribution is 2.27. The van der Waals surface area contributed by atoms with Crippen LogP contribution in [0, 0.1) is 5.82 Å². The third-order valence-corrected chi connectivity index (χ3v) is 3.93. The van der Waals surface area contributed by atoms with Gasteiger partial charge in [-0.05, 0) is 57.3 Å². The number of halogens is 1. The molecule has 2 rings (SSSR count). The van der Waals surface area contributed by atoms with Gasteiger partial charge in [-0.1, -0.05) is 0 Å². The first-order valence-corrected chi connectivity index (χ1v) is 7.69. The minimum absolute atomic E-state index is 0.344. The molecule has 1 aromatic carbocycles. The van der Waals surface area contributed by atoms with Crippen molar-refractivity contribution >= 4 is 33.3 Å². The Labute approximate surface area is 132 Å². The summed E-state index contributed by atoms with van der Waals surface area (Å²) in [5.41, 5.74) is -0.396. The minimum Gasteiger partial charge on any atom is -0.448 e. The Hall–Kier alpha value is -1.95. The minimum atomic E-state index is -0.895. The monoisotopic (exact) mass is 323 g/mol. The fourth-order valence-corrected chi connectivity index (χ4v) is 2.78. The number of thiophene rings is 1. The summed E-state index contributed by atoms with van der Waals surface area (Å²) in [5, 5.41) is 3.39. The number of esters is 1. The molecule has 22 heavy (non-hydrogen) atoms. The predicted octanol–water partition coefficient (Wildman–Crippen LogP) is 3.50. The normalized spacial score (nSPS) is 13.0. The van der Waals surface area contributed by atoms with Gasteiger partial charge in [-0.2, -0.15) is 0 Å². The molecular formula is C16H18FNO3S. The zero-order valence-electron chi connectivity index (χ0n) is 12.9. The van der Waals surface area contributed by atoms with E-state index in [1.807, 2.05) is 20.8 Å². The van der Waals surface area contributed by atoms with Crippen LogP contribution in [0.1, 0.15) is 37.4 Å². The van der Waals surface area contributed by atoms with Gasteiger partial charge in [0.05, 0.1) is 0 Å². The maximum Gasteiger partial charge on any atom is 0.349 e. The fraction of sp³-hybridized carbons (Fsp3) is 0.375. The van der Waals surface area contributed by atoms with Gasteiger partial charge in [0.2, 0.25) is 0 Å². The second kappa shape index (κ2) is 6.04. The van der Waals surface area contributed by atoms with Crippen molar-refractivity contribution in [3.8, 4) is 0 Å². The molecule has 0 spiro atoms. The second-order valence-electron chi connectivity index (χ2n) is 6.08. The molecule has 6 heteroatoms. The summed E-state index contributed by atoms with van der Waals surface area (Å²) in [6.45, 7) is 7.06. The predicted molar refractivity (Wildman–Crippen MR) is 84.6 cm³/mol. The molecule has 1 atom stereocenters. The number of hydrogen-bond acceptors (Lipinski definition) is 4. The van der Waals surface area contributed by atoms with Crippen LogP contribution in [0.3, 0.4) is 0 Å². The number of benzene rings is 1. The largest absolute Gasteiger partial charge is 0.448 e. The van der Waals surface area contributed by atoms with E-state index in [1.54, 1.807) is 12.1 Å². The Kier molecular flexibility index (Phi) is 4.51. The van der Waals surface area contributed by atoms with Crippen molar-refractivity contribution in [1.29, 1.82) is 0 Å². The first-order chi connectivity index (χ1) is 10.2. The lowest BCUT2D eigenvalue weighted by molar-refractivity contribution is -0.130. The van der Waals surface area contributed by atoms with Gasteiger partial charge in [-0.15, -0.1) is 11.3 Å². The van der Waals surface area contributed by atoms with Gasteiger partial charge in [0.1, 0.15) is 10.7 Å². The van der Waals surface area contributed by atoms with Crippen molar-refractivity contribution in [2.24, 2.45) is 0 Å². The standard InChI is InChI=1S/C16H18FNO3S/c1-9(14(19)18-16(2,3)4)21-15(20)13-8-10-7-11(17)5-6-12(10)22-13/h5-9H,1-4H3,(H,18,19)/t9-/m1/s1. The number of fused-ring (bicyclic) bond motifs is 1. The lowest BCUT2D eigenvalue weighted by atomic mass is 10.1. The van der Waals surface area contributed by atoms with E-state index >= 15 is 0 Å². The molecule has 0 bridgehead atoms. The molecule has 2 aromatic rings. The van der Waals surface area contributed by atoms with Crippen LogP contribution in [0.25, 0.3) is 10.1 Å². The van der Waals surface area contributed by atoms with Crippen LogP contribution >= 0.6 is 11.3 Å². The number of nitrogens with one attached hydrogen (secondary N) is 1. The third kappa shape index (κ3) is 4.04. The number of ether oxygens (including phenoxy) is 1. The van der Waals surface area contributed by atoms with E-state index in [-0.39, 0.29) is 11.7 Å². The summed E-state index contributed by atoms with van der Waals surface area (Å²) in [6, 6.07) is 5.88. The highest BCUT2D eigenvalue weighted by Gasteiger charge is 2.23. The molecule has 0 saturated heterocycles. The van der Waals surface area contributed by atoms with Crippen LogP contribution in [-0.2, 0) is 9.53 Å². The summed E-state index contributed by atoms with van der Waals surface area (Å²) < 4.78 is 19.1. The van der Waals surface area contributed by atoms with Gasteiger partial charge in [0.25, 0.3) is 5.91 Å². The van der Waals surface area contributed by atoms with E-state index in [2.05, 4.69) is 5.32 Å². The van der Waals surface area contributed by atoms with Gasteiger partial charge in [0, 0.05) is 10.2 Å². The summed E-state index contributed by atoms with van der Waals surface area (Å²) in [4.78, 5) is 24.3. The lowest BCUT2D eigenvalue weighted by Crippen LogP contribution is -2.46. The van der Waals surface area contributed by atoms with Crippen LogP contribution in [0.15, 0.2) is 24.3 Å². The summed E-state index contributed by atoms with van der Waals surface area (Å²) >= 11 is 1.21. The van der Waals surface area contributed by atoms with Crippen LogP contribution in [0.5, 0.6) is 0 Å². The first-order valence-electron chi connectivity index (χ1n) is 6.88. The van der Waals surface area contributed by atoms with E-state index in [0.717, 1.165) is 4.70 Å². The molecule has 0 aliphatic rings. The van der Waals surface area contributed by atoms with Crippen LogP contribution in [-0.4, -0.2) is 23.5 Å². The highest BCUT2D eigenvalue weighted by molar-refractivity contribution is 7.20. The molecule has 0 aliphatic heterocycles. The maximum atomic E-state index is 13.2. The van der Waals surface area contributed by atoms with E-state index in [9.17, 15) is 14.0 Å². The molecule has 1 N–H and O–H groups in total. The molecular weight excluding hydrogens is 305 g/mol. The van der Waals surface area contributed by atoms with Gasteiger partial charge in [0.15, 0.2) is 6.10 Å². The molecule has 4 nitrogen and oxygen atoms in total. The smallest absolute Gasteiger partial charge is 0.349 e. The van der Waals surface area contributed by atoms with E-state index < -0.39 is 17.6 Å². The van der Waals surface area contributed by atoms with Crippen molar-refractivity contribution in [2.75, 3.05) is 0 Å². The van der Waals surface area contributed by atoms with E-state index in [0.29, 0.717) is 10.3 Å². The number of hydrogen-bond donors (Lipinski definition) is 1. The number of carbonyl (C=O) groups is 2. The van der Waals surface area contributed by atoms with Crippen molar-refractivity contribution in [3.05, 3.63) is 35.0 Å². The molecule has 118 valence electrons. The average Bonchev–Trinajstić information content (AvgIpc) is 2.79. The number of amides is 1. The van der Waals surface area contributed by atoms with Crippen molar-refractivity contribution in [2.45, 2.75) is 39.3 Å². The van der Waals surface area contributed by atoms with Gasteiger partial charge >= 0.3 is 5.97 Å². The maximum absolute atomic E-state index is 13.2. The topological polar surface area (TPSA) is 55.4 Å². The second-order valence-corrected chi connectivity index (χ2v) is 7.16. The lowest BCUT2D eigenvalue weighted by Gasteiger charge is -2.23. The SMILES string of the molecule is C[C@@H](OC(=O)c1cc2cc(F)ccc2s1)C(=O)NC(C)(C)C. The van der Waals surface area contributed by atoms with Gasteiger partial charge in [-0.3, -0.25) is 4.79 Å². The molecule has 1 aromatic heterocycles. The third-order valence-electron chi connectivity index (χ3n) is 2.83. The first kappa shape index (κ1) is 16.4. The Morgan fingerprint density at radius 1 is 1.27 bits per heavy atom. The van der Waals surface area contributed by atoms with Gasteiger partial charge < -0.3 is 10.1 Å². The van der Waals surface area contributed by atoms with Gasteiger partial charge in [-0.25, -0.2) is 9.18 Å². The zero-order valence-corrected chi connectivity index (χ0v) is 13.7. The Morgan fingerprint density at radius 2 is 1.95 bits per heavy atom. The summed E-state index contributed by atoms with van der Waals surface area (Å²) in [7, 11) is 0. The van der Waals surface area contributed by atoms with Crippen molar-refractivity contribution in [3.63, 3.8) is 0 Å². The molecule has 0 fully saturated rings.